The average molecular weight is 275 g/mol. The monoisotopic (exact) mass is 275 g/mol. The predicted octanol–water partition coefficient (Wildman–Crippen LogP) is 2.18. The summed E-state index contributed by atoms with van der Waals surface area (Å²) in [5.41, 5.74) is 5.98. The SMILES string of the molecule is N#Cc1c(F)cccc1N1CCCC(CC(N)=O)CC1. The van der Waals surface area contributed by atoms with Gasteiger partial charge in [0.05, 0.1) is 5.69 Å². The van der Waals surface area contributed by atoms with Gasteiger partial charge in [0.15, 0.2) is 0 Å². The van der Waals surface area contributed by atoms with E-state index in [2.05, 4.69) is 0 Å². The van der Waals surface area contributed by atoms with Crippen LogP contribution in [0.5, 0.6) is 0 Å². The smallest absolute Gasteiger partial charge is 0.217 e. The first kappa shape index (κ1) is 14.3. The van der Waals surface area contributed by atoms with Crippen LogP contribution in [-0.2, 0) is 4.79 Å². The Morgan fingerprint density at radius 3 is 2.95 bits per heavy atom. The number of benzene rings is 1. The molecule has 0 aromatic heterocycles. The van der Waals surface area contributed by atoms with Crippen molar-refractivity contribution < 1.29 is 9.18 Å². The third-order valence-corrected chi connectivity index (χ3v) is 3.78. The highest BCUT2D eigenvalue weighted by Crippen LogP contribution is 2.27. The van der Waals surface area contributed by atoms with E-state index in [4.69, 9.17) is 11.0 Å². The maximum Gasteiger partial charge on any atom is 0.217 e. The zero-order valence-corrected chi connectivity index (χ0v) is 11.3. The highest BCUT2D eigenvalue weighted by atomic mass is 19.1. The molecule has 1 unspecified atom stereocenters. The third-order valence-electron chi connectivity index (χ3n) is 3.78. The number of hydrogen-bond acceptors (Lipinski definition) is 3. The van der Waals surface area contributed by atoms with Crippen LogP contribution in [0.25, 0.3) is 0 Å². The summed E-state index contributed by atoms with van der Waals surface area (Å²) in [6, 6.07) is 6.63. The Balaban J connectivity index is 2.13. The molecule has 1 saturated heterocycles. The molecule has 4 nitrogen and oxygen atoms in total. The summed E-state index contributed by atoms with van der Waals surface area (Å²) in [5.74, 6) is -0.466. The highest BCUT2D eigenvalue weighted by Gasteiger charge is 2.21. The Morgan fingerprint density at radius 1 is 1.45 bits per heavy atom. The lowest BCUT2D eigenvalue weighted by atomic mass is 9.97. The lowest BCUT2D eigenvalue weighted by Gasteiger charge is -2.24. The van der Waals surface area contributed by atoms with Crippen LogP contribution in [0.2, 0.25) is 0 Å². The lowest BCUT2D eigenvalue weighted by molar-refractivity contribution is -0.118. The predicted molar refractivity (Wildman–Crippen MR) is 74.5 cm³/mol. The molecule has 0 spiro atoms. The molecule has 1 aromatic carbocycles. The fourth-order valence-electron chi connectivity index (χ4n) is 2.78. The molecular weight excluding hydrogens is 257 g/mol. The number of anilines is 1. The summed E-state index contributed by atoms with van der Waals surface area (Å²) >= 11 is 0. The zero-order chi connectivity index (χ0) is 14.5. The average Bonchev–Trinajstić information content (AvgIpc) is 2.63. The number of halogens is 1. The molecular formula is C15H18FN3O. The molecule has 5 heteroatoms. The number of nitrogens with zero attached hydrogens (tertiary/aromatic N) is 2. The minimum absolute atomic E-state index is 0.0980. The maximum atomic E-state index is 13.6. The molecule has 0 aliphatic carbocycles. The molecule has 2 rings (SSSR count). The van der Waals surface area contributed by atoms with Crippen LogP contribution in [0, 0.1) is 23.1 Å². The number of primary amides is 1. The first-order valence-electron chi connectivity index (χ1n) is 6.83. The van der Waals surface area contributed by atoms with E-state index in [9.17, 15) is 9.18 Å². The fourth-order valence-corrected chi connectivity index (χ4v) is 2.78. The minimum atomic E-state index is -0.483. The molecule has 1 aliphatic rings. The Labute approximate surface area is 118 Å². The van der Waals surface area contributed by atoms with Crippen molar-refractivity contribution in [2.24, 2.45) is 11.7 Å². The van der Waals surface area contributed by atoms with Gasteiger partial charge in [0, 0.05) is 19.5 Å². The maximum absolute atomic E-state index is 13.6. The Bertz CT molecular complexity index is 538. The second kappa shape index (κ2) is 6.38. The molecule has 1 aliphatic heterocycles. The highest BCUT2D eigenvalue weighted by molar-refractivity contribution is 5.74. The van der Waals surface area contributed by atoms with Gasteiger partial charge in [-0.1, -0.05) is 6.07 Å². The standard InChI is InChI=1S/C15H18FN3O/c16-13-4-1-5-14(12(13)10-17)19-7-2-3-11(6-8-19)9-15(18)20/h1,4-5,11H,2-3,6-9H2,(H2,18,20). The molecule has 0 radical (unpaired) electrons. The van der Waals surface area contributed by atoms with Crippen LogP contribution in [-0.4, -0.2) is 19.0 Å². The largest absolute Gasteiger partial charge is 0.370 e. The van der Waals surface area contributed by atoms with Crippen molar-refractivity contribution in [3.05, 3.63) is 29.6 Å². The van der Waals surface area contributed by atoms with Crippen molar-refractivity contribution in [1.29, 1.82) is 5.26 Å². The van der Waals surface area contributed by atoms with E-state index < -0.39 is 5.82 Å². The summed E-state index contributed by atoms with van der Waals surface area (Å²) in [4.78, 5) is 13.0. The molecule has 1 atom stereocenters. The molecule has 0 saturated carbocycles. The molecule has 1 amide bonds. The number of amides is 1. The van der Waals surface area contributed by atoms with Crippen LogP contribution in [0.3, 0.4) is 0 Å². The number of carbonyl (C=O) groups is 1. The van der Waals surface area contributed by atoms with Gasteiger partial charge in [0.25, 0.3) is 0 Å². The van der Waals surface area contributed by atoms with Gasteiger partial charge in [0.2, 0.25) is 5.91 Å². The van der Waals surface area contributed by atoms with Gasteiger partial charge in [-0.25, -0.2) is 4.39 Å². The van der Waals surface area contributed by atoms with Crippen LogP contribution >= 0.6 is 0 Å². The van der Waals surface area contributed by atoms with E-state index in [1.165, 1.54) is 6.07 Å². The quantitative estimate of drug-likeness (QED) is 0.919. The van der Waals surface area contributed by atoms with Gasteiger partial charge in [-0.3, -0.25) is 4.79 Å². The van der Waals surface area contributed by atoms with Gasteiger partial charge >= 0.3 is 0 Å². The number of nitriles is 1. The molecule has 2 N–H and O–H groups in total. The zero-order valence-electron chi connectivity index (χ0n) is 11.3. The second-order valence-electron chi connectivity index (χ2n) is 5.20. The van der Waals surface area contributed by atoms with E-state index >= 15 is 0 Å². The van der Waals surface area contributed by atoms with Crippen molar-refractivity contribution in [2.75, 3.05) is 18.0 Å². The minimum Gasteiger partial charge on any atom is -0.370 e. The second-order valence-corrected chi connectivity index (χ2v) is 5.20. The topological polar surface area (TPSA) is 70.1 Å². The van der Waals surface area contributed by atoms with Gasteiger partial charge in [-0.15, -0.1) is 0 Å². The van der Waals surface area contributed by atoms with Crippen molar-refractivity contribution in [2.45, 2.75) is 25.7 Å². The van der Waals surface area contributed by atoms with E-state index in [1.54, 1.807) is 12.1 Å². The van der Waals surface area contributed by atoms with Gasteiger partial charge in [-0.05, 0) is 37.3 Å². The van der Waals surface area contributed by atoms with E-state index in [1.807, 2.05) is 11.0 Å². The van der Waals surface area contributed by atoms with Crippen molar-refractivity contribution in [3.8, 4) is 6.07 Å². The van der Waals surface area contributed by atoms with Gasteiger partial charge in [-0.2, -0.15) is 5.26 Å². The Hall–Kier alpha value is -2.09. The lowest BCUT2D eigenvalue weighted by Crippen LogP contribution is -2.25. The molecule has 1 fully saturated rings. The first-order chi connectivity index (χ1) is 9.61. The number of carbonyl (C=O) groups excluding carboxylic acids is 1. The van der Waals surface area contributed by atoms with Crippen molar-refractivity contribution >= 4 is 11.6 Å². The van der Waals surface area contributed by atoms with Gasteiger partial charge < -0.3 is 10.6 Å². The van der Waals surface area contributed by atoms with Crippen LogP contribution in [0.15, 0.2) is 18.2 Å². The molecule has 1 heterocycles. The number of nitrogens with two attached hydrogens (primary N) is 1. The summed E-state index contributed by atoms with van der Waals surface area (Å²) in [5, 5.41) is 9.09. The normalized spacial score (nSPS) is 19.2. The van der Waals surface area contributed by atoms with E-state index in [-0.39, 0.29) is 17.4 Å². The van der Waals surface area contributed by atoms with Gasteiger partial charge in [0.1, 0.15) is 17.4 Å². The summed E-state index contributed by atoms with van der Waals surface area (Å²) in [6.07, 6.45) is 3.10. The Morgan fingerprint density at radius 2 is 2.25 bits per heavy atom. The summed E-state index contributed by atoms with van der Waals surface area (Å²) in [6.45, 7) is 1.49. The number of hydrogen-bond donors (Lipinski definition) is 1. The molecule has 0 bridgehead atoms. The first-order valence-corrected chi connectivity index (χ1v) is 6.83. The van der Waals surface area contributed by atoms with Crippen LogP contribution in [0.4, 0.5) is 10.1 Å². The van der Waals surface area contributed by atoms with Crippen LogP contribution < -0.4 is 10.6 Å². The van der Waals surface area contributed by atoms with E-state index in [0.29, 0.717) is 12.1 Å². The molecule has 106 valence electrons. The third kappa shape index (κ3) is 3.27. The Kier molecular flexibility index (Phi) is 4.57. The van der Waals surface area contributed by atoms with E-state index in [0.717, 1.165) is 32.4 Å². The molecule has 20 heavy (non-hydrogen) atoms. The van der Waals surface area contributed by atoms with Crippen molar-refractivity contribution in [3.63, 3.8) is 0 Å². The van der Waals surface area contributed by atoms with Crippen LogP contribution in [0.1, 0.15) is 31.2 Å². The number of rotatable bonds is 3. The fraction of sp³-hybridized carbons (Fsp3) is 0.467. The van der Waals surface area contributed by atoms with Crippen molar-refractivity contribution in [1.82, 2.24) is 0 Å². The molecule has 1 aromatic rings. The summed E-state index contributed by atoms with van der Waals surface area (Å²) in [7, 11) is 0. The summed E-state index contributed by atoms with van der Waals surface area (Å²) < 4.78 is 13.6.